The molecule has 0 aromatic heterocycles. The second-order valence-electron chi connectivity index (χ2n) is 9.40. The third-order valence-electron chi connectivity index (χ3n) is 5.94. The zero-order valence-electron chi connectivity index (χ0n) is 23.8. The summed E-state index contributed by atoms with van der Waals surface area (Å²) in [6, 6.07) is -3.73. The first-order valence-corrected chi connectivity index (χ1v) is 13.3. The molecular formula is C23H48N12O6. The quantitative estimate of drug-likeness (QED) is 0.0187. The van der Waals surface area contributed by atoms with Crippen molar-refractivity contribution in [2.24, 2.45) is 28.7 Å². The lowest BCUT2D eigenvalue weighted by Gasteiger charge is -2.47. The molecule has 0 rings (SSSR count). The van der Waals surface area contributed by atoms with Gasteiger partial charge >= 0.3 is 0 Å². The highest BCUT2D eigenvalue weighted by molar-refractivity contribution is 5.81. The van der Waals surface area contributed by atoms with E-state index in [0.717, 1.165) is 0 Å². The van der Waals surface area contributed by atoms with E-state index in [9.17, 15) is 28.8 Å². The van der Waals surface area contributed by atoms with Crippen LogP contribution in [0.1, 0.15) is 46.0 Å². The number of nitrogens with one attached hydrogen (secondary N) is 4. The van der Waals surface area contributed by atoms with Gasteiger partial charge in [0.2, 0.25) is 5.91 Å². The number of carbonyl (C=O) groups excluding carboxylic acids is 6. The smallest absolute Gasteiger partial charge is 0.219 e. The average molecular weight is 589 g/mol. The number of nitrogens with zero attached hydrogens (tertiary/aromatic N) is 3. The third-order valence-corrected chi connectivity index (χ3v) is 5.94. The first kappa shape index (κ1) is 38.4. The van der Waals surface area contributed by atoms with E-state index in [1.807, 2.05) is 0 Å². The number of rotatable bonds is 27. The molecule has 4 atom stereocenters. The van der Waals surface area contributed by atoms with Gasteiger partial charge in [-0.15, -0.1) is 5.12 Å². The number of primary amides is 1. The Morgan fingerprint density at radius 1 is 0.829 bits per heavy atom. The number of hydrazine groups is 3. The van der Waals surface area contributed by atoms with Crippen molar-refractivity contribution < 1.29 is 28.8 Å². The van der Waals surface area contributed by atoms with Crippen molar-refractivity contribution in [2.45, 2.75) is 82.7 Å². The molecule has 0 fully saturated rings. The molecule has 0 aliphatic heterocycles. The van der Waals surface area contributed by atoms with Crippen molar-refractivity contribution in [3.63, 3.8) is 0 Å². The Morgan fingerprint density at radius 3 is 1.83 bits per heavy atom. The molecular weight excluding hydrogens is 540 g/mol. The van der Waals surface area contributed by atoms with E-state index < -0.39 is 49.1 Å². The van der Waals surface area contributed by atoms with Gasteiger partial charge < -0.3 is 47.8 Å². The zero-order valence-corrected chi connectivity index (χ0v) is 23.8. The van der Waals surface area contributed by atoms with Crippen LogP contribution in [0.4, 0.5) is 0 Å². The van der Waals surface area contributed by atoms with Crippen molar-refractivity contribution in [3.8, 4) is 0 Å². The Bertz CT molecular complexity index is 805. The highest BCUT2D eigenvalue weighted by Crippen LogP contribution is 2.17. The molecule has 1 amide bonds. The van der Waals surface area contributed by atoms with Crippen molar-refractivity contribution in [3.05, 3.63) is 0 Å². The van der Waals surface area contributed by atoms with Crippen LogP contribution >= 0.6 is 0 Å². The van der Waals surface area contributed by atoms with Crippen LogP contribution in [0.2, 0.25) is 0 Å². The van der Waals surface area contributed by atoms with Crippen LogP contribution in [0.5, 0.6) is 0 Å². The van der Waals surface area contributed by atoms with E-state index in [2.05, 4.69) is 21.4 Å². The molecule has 0 bridgehead atoms. The maximum Gasteiger partial charge on any atom is 0.219 e. The van der Waals surface area contributed by atoms with Gasteiger partial charge in [-0.25, -0.2) is 10.4 Å². The minimum Gasteiger partial charge on any atom is -0.370 e. The molecule has 0 aliphatic rings. The van der Waals surface area contributed by atoms with Gasteiger partial charge in [0.05, 0.1) is 43.8 Å². The molecule has 41 heavy (non-hydrogen) atoms. The summed E-state index contributed by atoms with van der Waals surface area (Å²) in [6.07, 6.45) is 1.57. The highest BCUT2D eigenvalue weighted by atomic mass is 16.2. The van der Waals surface area contributed by atoms with Crippen molar-refractivity contribution in [1.82, 2.24) is 36.6 Å². The summed E-state index contributed by atoms with van der Waals surface area (Å²) in [6.45, 7) is 3.12. The van der Waals surface area contributed by atoms with Crippen LogP contribution in [-0.4, -0.2) is 115 Å². The minimum atomic E-state index is -1.21. The predicted octanol–water partition coefficient (Wildman–Crippen LogP) is -5.33. The first-order chi connectivity index (χ1) is 19.4. The van der Waals surface area contributed by atoms with E-state index in [1.54, 1.807) is 6.92 Å². The summed E-state index contributed by atoms with van der Waals surface area (Å²) in [7, 11) is 0. The lowest BCUT2D eigenvalue weighted by Crippen LogP contribution is -2.68. The van der Waals surface area contributed by atoms with Gasteiger partial charge in [0, 0.05) is 0 Å². The summed E-state index contributed by atoms with van der Waals surface area (Å²) in [4.78, 5) is 72.2. The summed E-state index contributed by atoms with van der Waals surface area (Å²) in [5, 5.41) is 12.4. The summed E-state index contributed by atoms with van der Waals surface area (Å²) in [5.41, 5.74) is 30.3. The molecule has 18 nitrogen and oxygen atoms in total. The van der Waals surface area contributed by atoms with Gasteiger partial charge in [-0.3, -0.25) is 25.5 Å². The van der Waals surface area contributed by atoms with Crippen LogP contribution in [0, 0.1) is 0 Å². The fraction of sp³-hybridized carbons (Fsp3) is 0.739. The Hall–Kier alpha value is -2.62. The largest absolute Gasteiger partial charge is 0.370 e. The number of aldehydes is 4. The fourth-order valence-electron chi connectivity index (χ4n) is 3.68. The Kier molecular flexibility index (Phi) is 20.6. The van der Waals surface area contributed by atoms with Crippen LogP contribution < -0.4 is 50.0 Å². The van der Waals surface area contributed by atoms with E-state index in [-0.39, 0.29) is 31.8 Å². The molecule has 236 valence electrons. The Labute approximate surface area is 240 Å². The van der Waals surface area contributed by atoms with Gasteiger partial charge in [0.1, 0.15) is 43.5 Å². The Balaban J connectivity index is 6.49. The fourth-order valence-corrected chi connectivity index (χ4v) is 3.68. The van der Waals surface area contributed by atoms with E-state index in [1.165, 1.54) is 22.2 Å². The maximum absolute atomic E-state index is 12.5. The number of ketones is 1. The van der Waals surface area contributed by atoms with Crippen LogP contribution in [0.3, 0.4) is 0 Å². The molecule has 0 aliphatic carbocycles. The van der Waals surface area contributed by atoms with Crippen molar-refractivity contribution in [2.75, 3.05) is 26.3 Å². The van der Waals surface area contributed by atoms with Gasteiger partial charge in [-0.05, 0) is 52.6 Å². The second kappa shape index (κ2) is 22.0. The molecule has 0 unspecified atom stereocenters. The number of Topliss-reactive ketones (excluding diaryl/α,β-unsaturated/α-hetero) is 1. The SMILES string of the molecule is CC(=O)[C@H](C)NCN([C@H](C=O)CC(N)=O)N([C@H](C=O)CCCNC(N)N)N(CC=O)N[C@H](C=O)CCCNC(N)N. The molecule has 0 spiro atoms. The Morgan fingerprint density at radius 2 is 1.39 bits per heavy atom. The maximum atomic E-state index is 12.5. The lowest BCUT2D eigenvalue weighted by atomic mass is 10.1. The van der Waals surface area contributed by atoms with E-state index in [0.29, 0.717) is 51.1 Å². The molecule has 0 saturated carbocycles. The predicted molar refractivity (Wildman–Crippen MR) is 150 cm³/mol. The summed E-state index contributed by atoms with van der Waals surface area (Å²) >= 11 is 0. The normalized spacial score (nSPS) is 14.8. The van der Waals surface area contributed by atoms with Crippen LogP contribution in [0.25, 0.3) is 0 Å². The monoisotopic (exact) mass is 588 g/mol. The van der Waals surface area contributed by atoms with Gasteiger partial charge in [0.15, 0.2) is 0 Å². The number of nitrogens with two attached hydrogens (primary N) is 5. The standard InChI is InChI=1S/C23H48N12O6/c1-16(17(2)40)31-15-33(20(14-39)11-21(24)41)35(19(13-38)6-4-8-30-23(27)28)34(9-10-36)32-18(12-37)5-3-7-29-22(25)26/h10,12-14,16,18-20,22-23,29-32H,3-9,11,15,25-28H2,1-2H3,(H2,24,41)/t16-,18-,19-,20-/m0/s1. The summed E-state index contributed by atoms with van der Waals surface area (Å²) in [5.74, 6) is -1.01. The molecule has 0 aromatic rings. The van der Waals surface area contributed by atoms with Crippen molar-refractivity contribution >= 4 is 36.8 Å². The average Bonchev–Trinajstić information content (AvgIpc) is 2.91. The van der Waals surface area contributed by atoms with Gasteiger partial charge in [-0.2, -0.15) is 5.12 Å². The second-order valence-corrected chi connectivity index (χ2v) is 9.40. The highest BCUT2D eigenvalue weighted by Gasteiger charge is 2.36. The molecule has 0 saturated heterocycles. The summed E-state index contributed by atoms with van der Waals surface area (Å²) < 4.78 is 0. The lowest BCUT2D eigenvalue weighted by molar-refractivity contribution is -0.244. The molecule has 14 N–H and O–H groups in total. The van der Waals surface area contributed by atoms with Gasteiger partial charge in [0.25, 0.3) is 0 Å². The molecule has 0 radical (unpaired) electrons. The van der Waals surface area contributed by atoms with E-state index >= 15 is 0 Å². The van der Waals surface area contributed by atoms with Crippen LogP contribution in [-0.2, 0) is 28.8 Å². The van der Waals surface area contributed by atoms with Gasteiger partial charge in [-0.1, -0.05) is 0 Å². The number of hydrogen-bond acceptors (Lipinski definition) is 17. The zero-order chi connectivity index (χ0) is 31.4. The third kappa shape index (κ3) is 16.4. The number of hydrogen-bond donors (Lipinski definition) is 9. The number of carbonyl (C=O) groups is 6. The van der Waals surface area contributed by atoms with E-state index in [4.69, 9.17) is 28.7 Å². The molecule has 18 heteroatoms. The molecule has 0 aromatic carbocycles. The number of amides is 1. The van der Waals surface area contributed by atoms with Crippen molar-refractivity contribution in [1.29, 1.82) is 0 Å². The first-order valence-electron chi connectivity index (χ1n) is 13.3. The topological polar surface area (TPSA) is 290 Å². The molecule has 0 heterocycles. The van der Waals surface area contributed by atoms with Crippen LogP contribution in [0.15, 0.2) is 0 Å². The minimum absolute atomic E-state index is 0.172.